The van der Waals surface area contributed by atoms with Crippen molar-refractivity contribution in [2.45, 2.75) is 57.2 Å². The van der Waals surface area contributed by atoms with Crippen molar-refractivity contribution in [1.82, 2.24) is 25.1 Å². The Morgan fingerprint density at radius 2 is 1.96 bits per heavy atom. The number of nitrogens with one attached hydrogen (secondary N) is 2. The Bertz CT molecular complexity index is 590. The van der Waals surface area contributed by atoms with Crippen LogP contribution in [0.1, 0.15) is 38.3 Å². The molecule has 2 amide bonds. The van der Waals surface area contributed by atoms with E-state index in [4.69, 9.17) is 0 Å². The van der Waals surface area contributed by atoms with Crippen molar-refractivity contribution in [2.75, 3.05) is 26.2 Å². The third-order valence-electron chi connectivity index (χ3n) is 5.45. The van der Waals surface area contributed by atoms with Crippen molar-refractivity contribution in [1.29, 1.82) is 0 Å². The highest BCUT2D eigenvalue weighted by Gasteiger charge is 2.32. The Balaban J connectivity index is 1.54. The molecule has 26 heavy (non-hydrogen) atoms. The molecule has 0 aliphatic carbocycles. The number of aromatic amines is 1. The highest BCUT2D eigenvalue weighted by molar-refractivity contribution is 5.87. The van der Waals surface area contributed by atoms with Gasteiger partial charge in [-0.05, 0) is 25.7 Å². The zero-order chi connectivity index (χ0) is 18.5. The Morgan fingerprint density at radius 1 is 1.27 bits per heavy atom. The van der Waals surface area contributed by atoms with Gasteiger partial charge in [0.05, 0.1) is 12.4 Å². The van der Waals surface area contributed by atoms with Crippen LogP contribution in [0.5, 0.6) is 0 Å². The summed E-state index contributed by atoms with van der Waals surface area (Å²) in [6, 6.07) is -0.0759. The van der Waals surface area contributed by atoms with Crippen molar-refractivity contribution in [3.63, 3.8) is 0 Å². The van der Waals surface area contributed by atoms with E-state index in [1.165, 1.54) is 6.92 Å². The number of H-pyrrole nitrogens is 1. The molecule has 0 bridgehead atoms. The van der Waals surface area contributed by atoms with Gasteiger partial charge in [0, 0.05) is 57.5 Å². The second-order valence-corrected chi connectivity index (χ2v) is 7.36. The average Bonchev–Trinajstić information content (AvgIpc) is 3.14. The number of piperidine rings is 2. The predicted octanol–water partition coefficient (Wildman–Crippen LogP) is -0.0954. The fraction of sp³-hybridized carbons (Fsp3) is 0.722. The predicted molar refractivity (Wildman–Crippen MR) is 96.3 cm³/mol. The summed E-state index contributed by atoms with van der Waals surface area (Å²) >= 11 is 0. The number of aromatic nitrogens is 2. The lowest BCUT2D eigenvalue weighted by Crippen LogP contribution is -2.54. The monoisotopic (exact) mass is 363 g/mol. The van der Waals surface area contributed by atoms with Gasteiger partial charge in [0.25, 0.3) is 0 Å². The standard InChI is InChI=1S/C18H29N5O3/c1-13(24)21-17(10-14-11-19-12-20-14)18(26)23-6-2-15(3-7-23)22-8-4-16(25)5-9-22/h11-12,15-17,25H,2-10H2,1H3,(H,19,20)(H,21,24)/t17-/m0/s1. The Labute approximate surface area is 154 Å². The molecule has 1 aromatic heterocycles. The molecular formula is C18H29N5O3. The summed E-state index contributed by atoms with van der Waals surface area (Å²) in [6.07, 6.45) is 7.08. The zero-order valence-electron chi connectivity index (χ0n) is 15.4. The third kappa shape index (κ3) is 4.82. The average molecular weight is 363 g/mol. The molecule has 3 rings (SSSR count). The number of hydrogen-bond donors (Lipinski definition) is 3. The van der Waals surface area contributed by atoms with Crippen LogP contribution in [0, 0.1) is 0 Å². The first-order valence-corrected chi connectivity index (χ1v) is 9.48. The Kier molecular flexibility index (Phi) is 6.26. The highest BCUT2D eigenvalue weighted by atomic mass is 16.3. The normalized spacial score (nSPS) is 21.5. The Hall–Kier alpha value is -1.93. The lowest BCUT2D eigenvalue weighted by molar-refractivity contribution is -0.137. The highest BCUT2D eigenvalue weighted by Crippen LogP contribution is 2.21. The minimum atomic E-state index is -0.561. The maximum Gasteiger partial charge on any atom is 0.245 e. The SMILES string of the molecule is CC(=O)N[C@@H](Cc1cnc[nH]1)C(=O)N1CCC(N2CCC(O)CC2)CC1. The largest absolute Gasteiger partial charge is 0.393 e. The first-order chi connectivity index (χ1) is 12.5. The molecule has 0 saturated carbocycles. The molecule has 3 heterocycles. The van der Waals surface area contributed by atoms with Gasteiger partial charge in [0.2, 0.25) is 11.8 Å². The summed E-state index contributed by atoms with van der Waals surface area (Å²) in [4.78, 5) is 35.7. The van der Waals surface area contributed by atoms with Gasteiger partial charge in [-0.1, -0.05) is 0 Å². The van der Waals surface area contributed by atoms with E-state index in [0.29, 0.717) is 25.6 Å². The Morgan fingerprint density at radius 3 is 2.54 bits per heavy atom. The van der Waals surface area contributed by atoms with Crippen molar-refractivity contribution in [3.8, 4) is 0 Å². The first-order valence-electron chi connectivity index (χ1n) is 9.48. The van der Waals surface area contributed by atoms with Crippen LogP contribution >= 0.6 is 0 Å². The van der Waals surface area contributed by atoms with Crippen LogP contribution in [0.25, 0.3) is 0 Å². The quantitative estimate of drug-likeness (QED) is 0.678. The number of likely N-dealkylation sites (tertiary alicyclic amines) is 2. The smallest absolute Gasteiger partial charge is 0.245 e. The number of imidazole rings is 1. The van der Waals surface area contributed by atoms with Crippen LogP contribution in [0.15, 0.2) is 12.5 Å². The van der Waals surface area contributed by atoms with E-state index in [0.717, 1.165) is 44.5 Å². The molecule has 0 spiro atoms. The van der Waals surface area contributed by atoms with Crippen molar-refractivity contribution in [2.24, 2.45) is 0 Å². The molecule has 144 valence electrons. The summed E-state index contributed by atoms with van der Waals surface area (Å²) < 4.78 is 0. The molecule has 1 atom stereocenters. The summed E-state index contributed by atoms with van der Waals surface area (Å²) in [5, 5.41) is 12.4. The molecule has 0 radical (unpaired) electrons. The molecule has 0 unspecified atom stereocenters. The van der Waals surface area contributed by atoms with Crippen LogP contribution in [-0.2, 0) is 16.0 Å². The van der Waals surface area contributed by atoms with Gasteiger partial charge in [-0.3, -0.25) is 9.59 Å². The lowest BCUT2D eigenvalue weighted by atomic mass is 9.98. The number of nitrogens with zero attached hydrogens (tertiary/aromatic N) is 3. The van der Waals surface area contributed by atoms with E-state index >= 15 is 0 Å². The van der Waals surface area contributed by atoms with Crippen LogP contribution < -0.4 is 5.32 Å². The fourth-order valence-corrected chi connectivity index (χ4v) is 3.98. The third-order valence-corrected chi connectivity index (χ3v) is 5.45. The number of hydrogen-bond acceptors (Lipinski definition) is 5. The van der Waals surface area contributed by atoms with Gasteiger partial charge < -0.3 is 25.2 Å². The number of aliphatic hydroxyl groups is 1. The van der Waals surface area contributed by atoms with Gasteiger partial charge in [-0.15, -0.1) is 0 Å². The van der Waals surface area contributed by atoms with E-state index in [1.807, 2.05) is 4.90 Å². The van der Waals surface area contributed by atoms with E-state index in [-0.39, 0.29) is 17.9 Å². The van der Waals surface area contributed by atoms with Gasteiger partial charge in [-0.2, -0.15) is 0 Å². The zero-order valence-corrected chi connectivity index (χ0v) is 15.4. The molecule has 1 aromatic rings. The summed E-state index contributed by atoms with van der Waals surface area (Å²) in [5.74, 6) is -0.230. The van der Waals surface area contributed by atoms with Gasteiger partial charge in [0.15, 0.2) is 0 Å². The number of amides is 2. The first kappa shape index (κ1) is 18.8. The van der Waals surface area contributed by atoms with Gasteiger partial charge >= 0.3 is 0 Å². The summed E-state index contributed by atoms with van der Waals surface area (Å²) in [5.41, 5.74) is 0.832. The van der Waals surface area contributed by atoms with E-state index in [1.54, 1.807) is 12.5 Å². The second kappa shape index (κ2) is 8.64. The molecule has 0 aromatic carbocycles. The molecule has 3 N–H and O–H groups in total. The number of rotatable bonds is 5. The van der Waals surface area contributed by atoms with Crippen LogP contribution in [-0.4, -0.2) is 81.1 Å². The van der Waals surface area contributed by atoms with E-state index < -0.39 is 6.04 Å². The molecule has 2 aliphatic rings. The maximum atomic E-state index is 12.9. The molecule has 8 heteroatoms. The van der Waals surface area contributed by atoms with Gasteiger partial charge in [-0.25, -0.2) is 4.98 Å². The minimum Gasteiger partial charge on any atom is -0.393 e. The minimum absolute atomic E-state index is 0.0256. The molecular weight excluding hydrogens is 334 g/mol. The van der Waals surface area contributed by atoms with Crippen molar-refractivity contribution >= 4 is 11.8 Å². The van der Waals surface area contributed by atoms with E-state index in [9.17, 15) is 14.7 Å². The number of carbonyl (C=O) groups is 2. The maximum absolute atomic E-state index is 12.9. The molecule has 2 fully saturated rings. The van der Waals surface area contributed by atoms with Crippen LogP contribution in [0.3, 0.4) is 0 Å². The number of carbonyl (C=O) groups excluding carboxylic acids is 2. The summed E-state index contributed by atoms with van der Waals surface area (Å²) in [6.45, 7) is 4.73. The molecule has 8 nitrogen and oxygen atoms in total. The topological polar surface area (TPSA) is 102 Å². The number of aliphatic hydroxyl groups excluding tert-OH is 1. The van der Waals surface area contributed by atoms with Crippen molar-refractivity contribution in [3.05, 3.63) is 18.2 Å². The molecule has 2 aliphatic heterocycles. The van der Waals surface area contributed by atoms with Crippen LogP contribution in [0.4, 0.5) is 0 Å². The molecule has 2 saturated heterocycles. The summed E-state index contributed by atoms with van der Waals surface area (Å²) in [7, 11) is 0. The fourth-order valence-electron chi connectivity index (χ4n) is 3.98. The van der Waals surface area contributed by atoms with Crippen molar-refractivity contribution < 1.29 is 14.7 Å². The second-order valence-electron chi connectivity index (χ2n) is 7.36. The lowest BCUT2D eigenvalue weighted by Gasteiger charge is -2.41. The van der Waals surface area contributed by atoms with Crippen LogP contribution in [0.2, 0.25) is 0 Å². The van der Waals surface area contributed by atoms with E-state index in [2.05, 4.69) is 20.2 Å². The van der Waals surface area contributed by atoms with Gasteiger partial charge in [0.1, 0.15) is 6.04 Å².